The monoisotopic (exact) mass is 267 g/mol. The van der Waals surface area contributed by atoms with E-state index in [1.165, 1.54) is 24.5 Å². The molecule has 2 aromatic rings. The number of hydrogen-bond acceptors (Lipinski definition) is 5. The second kappa shape index (κ2) is 5.41. The van der Waals surface area contributed by atoms with Crippen molar-refractivity contribution in [3.05, 3.63) is 29.0 Å². The lowest BCUT2D eigenvalue weighted by Crippen LogP contribution is -2.11. The van der Waals surface area contributed by atoms with Crippen LogP contribution < -0.4 is 10.1 Å². The minimum atomic E-state index is -0.353. The van der Waals surface area contributed by atoms with Gasteiger partial charge in [0, 0.05) is 0 Å². The highest BCUT2D eigenvalue weighted by Gasteiger charge is 2.18. The molecule has 2 rings (SSSR count). The number of halogens is 1. The summed E-state index contributed by atoms with van der Waals surface area (Å²) in [6.45, 7) is 1.98. The van der Waals surface area contributed by atoms with Gasteiger partial charge in [-0.1, -0.05) is 17.4 Å². The molecule has 1 N–H and O–H groups in total. The van der Waals surface area contributed by atoms with Crippen LogP contribution in [0.1, 0.15) is 18.0 Å². The topological polar surface area (TPSA) is 47.0 Å². The smallest absolute Gasteiger partial charge is 0.154 e. The van der Waals surface area contributed by atoms with Crippen molar-refractivity contribution in [1.82, 2.24) is 15.5 Å². The van der Waals surface area contributed by atoms with E-state index in [0.717, 1.165) is 5.01 Å². The van der Waals surface area contributed by atoms with Gasteiger partial charge in [0.2, 0.25) is 0 Å². The van der Waals surface area contributed by atoms with E-state index in [9.17, 15) is 4.39 Å². The zero-order valence-corrected chi connectivity index (χ0v) is 11.2. The number of rotatable bonds is 4. The first-order valence-electron chi connectivity index (χ1n) is 5.51. The summed E-state index contributed by atoms with van der Waals surface area (Å²) in [6.07, 6.45) is 0. The van der Waals surface area contributed by atoms with Gasteiger partial charge in [0.1, 0.15) is 16.6 Å². The number of benzene rings is 1. The van der Waals surface area contributed by atoms with E-state index in [1.54, 1.807) is 12.1 Å². The van der Waals surface area contributed by atoms with Gasteiger partial charge in [-0.25, -0.2) is 4.39 Å². The molecule has 0 saturated heterocycles. The van der Waals surface area contributed by atoms with Crippen LogP contribution in [0.2, 0.25) is 0 Å². The van der Waals surface area contributed by atoms with Gasteiger partial charge in [0.15, 0.2) is 5.01 Å². The molecular weight excluding hydrogens is 253 g/mol. The Morgan fingerprint density at radius 2 is 2.17 bits per heavy atom. The van der Waals surface area contributed by atoms with Crippen LogP contribution in [0, 0.1) is 5.82 Å². The van der Waals surface area contributed by atoms with Crippen molar-refractivity contribution in [2.75, 3.05) is 14.2 Å². The number of aromatic nitrogens is 2. The van der Waals surface area contributed by atoms with Gasteiger partial charge in [-0.3, -0.25) is 0 Å². The molecule has 4 nitrogen and oxygen atoms in total. The number of ether oxygens (including phenoxy) is 1. The molecule has 1 heterocycles. The van der Waals surface area contributed by atoms with Gasteiger partial charge in [-0.15, -0.1) is 10.2 Å². The van der Waals surface area contributed by atoms with Gasteiger partial charge in [-0.2, -0.15) is 0 Å². The molecule has 6 heteroatoms. The van der Waals surface area contributed by atoms with Gasteiger partial charge in [0.05, 0.1) is 18.7 Å². The van der Waals surface area contributed by atoms with Crippen LogP contribution in [-0.4, -0.2) is 24.4 Å². The second-order valence-electron chi connectivity index (χ2n) is 3.77. The predicted octanol–water partition coefficient (Wildman–Crippen LogP) is 2.63. The maximum absolute atomic E-state index is 13.9. The van der Waals surface area contributed by atoms with Crippen LogP contribution >= 0.6 is 11.3 Å². The summed E-state index contributed by atoms with van der Waals surface area (Å²) < 4.78 is 19.0. The third-order valence-electron chi connectivity index (χ3n) is 2.65. The molecule has 0 aliphatic rings. The molecule has 1 unspecified atom stereocenters. The van der Waals surface area contributed by atoms with Crippen LogP contribution in [0.25, 0.3) is 10.6 Å². The second-order valence-corrected chi connectivity index (χ2v) is 4.78. The lowest BCUT2D eigenvalue weighted by Gasteiger charge is -2.06. The summed E-state index contributed by atoms with van der Waals surface area (Å²) in [6, 6.07) is 4.80. The van der Waals surface area contributed by atoms with Crippen molar-refractivity contribution < 1.29 is 9.13 Å². The minimum Gasteiger partial charge on any atom is -0.496 e. The Morgan fingerprint density at radius 1 is 1.39 bits per heavy atom. The average molecular weight is 267 g/mol. The normalized spacial score (nSPS) is 12.4. The molecule has 0 fully saturated rings. The van der Waals surface area contributed by atoms with Crippen LogP contribution in [0.15, 0.2) is 18.2 Å². The van der Waals surface area contributed by atoms with Gasteiger partial charge < -0.3 is 10.1 Å². The maximum atomic E-state index is 13.9. The van der Waals surface area contributed by atoms with Crippen molar-refractivity contribution in [1.29, 1.82) is 0 Å². The zero-order valence-electron chi connectivity index (χ0n) is 10.4. The van der Waals surface area contributed by atoms with Gasteiger partial charge in [-0.05, 0) is 26.1 Å². The SMILES string of the molecule is CNC(C)c1nnc(-c2c(F)cccc2OC)s1. The fraction of sp³-hybridized carbons (Fsp3) is 0.333. The Bertz CT molecular complexity index is 544. The van der Waals surface area contributed by atoms with Gasteiger partial charge in [0.25, 0.3) is 0 Å². The molecule has 96 valence electrons. The number of nitrogens with one attached hydrogen (secondary N) is 1. The highest BCUT2D eigenvalue weighted by atomic mass is 32.1. The van der Waals surface area contributed by atoms with Crippen LogP contribution in [0.3, 0.4) is 0 Å². The molecular formula is C12H14FN3OS. The highest BCUT2D eigenvalue weighted by molar-refractivity contribution is 7.14. The molecule has 0 saturated carbocycles. The number of methoxy groups -OCH3 is 1. The van der Waals surface area contributed by atoms with Crippen molar-refractivity contribution in [2.45, 2.75) is 13.0 Å². The summed E-state index contributed by atoms with van der Waals surface area (Å²) in [5, 5.41) is 12.5. The van der Waals surface area contributed by atoms with E-state index in [-0.39, 0.29) is 11.9 Å². The molecule has 1 aromatic heterocycles. The fourth-order valence-corrected chi connectivity index (χ4v) is 2.47. The Balaban J connectivity index is 2.46. The molecule has 1 aromatic carbocycles. The van der Waals surface area contributed by atoms with Crippen LogP contribution in [0.4, 0.5) is 4.39 Å². The maximum Gasteiger partial charge on any atom is 0.154 e. The summed E-state index contributed by atoms with van der Waals surface area (Å²) >= 11 is 1.36. The largest absolute Gasteiger partial charge is 0.496 e. The standard InChI is InChI=1S/C12H14FN3OS/c1-7(14-2)11-15-16-12(18-11)10-8(13)5-4-6-9(10)17-3/h4-7,14H,1-3H3. The van der Waals surface area contributed by atoms with Crippen LogP contribution in [-0.2, 0) is 0 Å². The predicted molar refractivity (Wildman–Crippen MR) is 69.3 cm³/mol. The van der Waals surface area contributed by atoms with E-state index in [2.05, 4.69) is 15.5 Å². The average Bonchev–Trinajstić information content (AvgIpc) is 2.86. The van der Waals surface area contributed by atoms with Crippen LogP contribution in [0.5, 0.6) is 5.75 Å². The van der Waals surface area contributed by atoms with Crippen molar-refractivity contribution >= 4 is 11.3 Å². The summed E-state index contributed by atoms with van der Waals surface area (Å²) in [5.74, 6) is 0.115. The lowest BCUT2D eigenvalue weighted by atomic mass is 10.2. The summed E-state index contributed by atoms with van der Waals surface area (Å²) in [5.41, 5.74) is 0.368. The molecule has 18 heavy (non-hydrogen) atoms. The Labute approximate surface area is 109 Å². The molecule has 0 amide bonds. The number of nitrogens with zero attached hydrogens (tertiary/aromatic N) is 2. The molecule has 0 aliphatic carbocycles. The Hall–Kier alpha value is -1.53. The quantitative estimate of drug-likeness (QED) is 0.925. The first-order valence-corrected chi connectivity index (χ1v) is 6.32. The van der Waals surface area contributed by atoms with E-state index in [1.807, 2.05) is 14.0 Å². The first-order chi connectivity index (χ1) is 8.67. The Kier molecular flexibility index (Phi) is 3.88. The lowest BCUT2D eigenvalue weighted by molar-refractivity contribution is 0.413. The van der Waals surface area contributed by atoms with Crippen molar-refractivity contribution in [3.63, 3.8) is 0 Å². The first kappa shape index (κ1) is 12.9. The fourth-order valence-electron chi connectivity index (χ4n) is 1.52. The molecule has 0 radical (unpaired) electrons. The summed E-state index contributed by atoms with van der Waals surface area (Å²) in [4.78, 5) is 0. The molecule has 0 spiro atoms. The molecule has 1 atom stereocenters. The molecule has 0 aliphatic heterocycles. The summed E-state index contributed by atoms with van der Waals surface area (Å²) in [7, 11) is 3.35. The third kappa shape index (κ3) is 2.34. The van der Waals surface area contributed by atoms with Crippen molar-refractivity contribution in [3.8, 4) is 16.3 Å². The number of hydrogen-bond donors (Lipinski definition) is 1. The molecule has 0 bridgehead atoms. The van der Waals surface area contributed by atoms with Crippen molar-refractivity contribution in [2.24, 2.45) is 0 Å². The third-order valence-corrected chi connectivity index (χ3v) is 3.78. The van der Waals surface area contributed by atoms with E-state index < -0.39 is 0 Å². The van der Waals surface area contributed by atoms with E-state index >= 15 is 0 Å². The van der Waals surface area contributed by atoms with Gasteiger partial charge >= 0.3 is 0 Å². The zero-order chi connectivity index (χ0) is 13.1. The van der Waals surface area contributed by atoms with E-state index in [0.29, 0.717) is 16.3 Å². The van der Waals surface area contributed by atoms with E-state index in [4.69, 9.17) is 4.74 Å². The minimum absolute atomic E-state index is 0.0917. The Morgan fingerprint density at radius 3 is 2.83 bits per heavy atom. The highest BCUT2D eigenvalue weighted by Crippen LogP contribution is 2.35.